The van der Waals surface area contributed by atoms with Crippen molar-refractivity contribution in [2.75, 3.05) is 7.05 Å². The zero-order valence-electron chi connectivity index (χ0n) is 37.7. The Kier molecular flexibility index (Phi) is 8.80. The van der Waals surface area contributed by atoms with Gasteiger partial charge in [-0.1, -0.05) is 182 Å². The Morgan fingerprint density at radius 3 is 1.83 bits per heavy atom. The molecule has 0 saturated heterocycles. The van der Waals surface area contributed by atoms with Crippen LogP contribution in [0.25, 0.3) is 104 Å². The summed E-state index contributed by atoms with van der Waals surface area (Å²) in [6.45, 7) is 0. The molecule has 0 saturated carbocycles. The lowest BCUT2D eigenvalue weighted by molar-refractivity contribution is 0.384. The summed E-state index contributed by atoms with van der Waals surface area (Å²) in [4.78, 5) is 13.5. The number of furan rings is 1. The largest absolute Gasteiger partial charge is 0.456 e. The number of benzene rings is 11. The first-order chi connectivity index (χ1) is 34.1. The van der Waals surface area contributed by atoms with Gasteiger partial charge in [-0.05, 0) is 103 Å². The van der Waals surface area contributed by atoms with E-state index in [4.69, 9.17) is 14.4 Å². The molecule has 1 atom stereocenters. The van der Waals surface area contributed by atoms with Gasteiger partial charge in [0.25, 0.3) is 0 Å². The highest BCUT2D eigenvalue weighted by Crippen LogP contribution is 2.44. The average molecular weight is 883 g/mol. The molecule has 5 heteroatoms. The zero-order chi connectivity index (χ0) is 45.6. The number of aromatic nitrogens is 1. The number of para-hydroxylation sites is 1. The standard InChI is InChI=1S/C64H42N4O/c1-67-63(53-29-14-23-41-19-8-10-25-48(41)53)65-62(52-28-13-22-40-18-7-9-24-47(40)52)66-64(67)54-35-33-46(39-55(54)45-32-34-51-50-26-11-12-31-59(50)69-60(51)38-45)68-57-30-15-27-49(42-16-3-2-4-17-42)61(57)56-36-43-20-5-6-21-44(43)37-58(56)68/h2-39,64H,1H3. The van der Waals surface area contributed by atoms with Crippen LogP contribution in [0.15, 0.2) is 245 Å². The number of hydrogen-bond donors (Lipinski definition) is 0. The van der Waals surface area contributed by atoms with Crippen molar-refractivity contribution in [1.29, 1.82) is 0 Å². The van der Waals surface area contributed by atoms with Gasteiger partial charge >= 0.3 is 0 Å². The SMILES string of the molecule is CN1C(c2cccc3ccccc23)=NC(c2cccc3ccccc23)=NC1c1ccc(-n2c3cc4ccccc4cc3c3c(-c4ccccc4)cccc32)cc1-c1ccc2c(c1)oc1ccccc12. The van der Waals surface area contributed by atoms with Crippen molar-refractivity contribution in [3.63, 3.8) is 0 Å². The number of hydrogen-bond acceptors (Lipinski definition) is 4. The van der Waals surface area contributed by atoms with E-state index in [0.29, 0.717) is 5.84 Å². The van der Waals surface area contributed by atoms with Crippen LogP contribution in [0.5, 0.6) is 0 Å². The van der Waals surface area contributed by atoms with Crippen molar-refractivity contribution >= 4 is 87.7 Å². The van der Waals surface area contributed by atoms with Crippen LogP contribution in [0.1, 0.15) is 22.9 Å². The Balaban J connectivity index is 1.05. The summed E-state index contributed by atoms with van der Waals surface area (Å²) in [6, 6.07) is 82.8. The summed E-state index contributed by atoms with van der Waals surface area (Å²) in [7, 11) is 2.14. The predicted octanol–water partition coefficient (Wildman–Crippen LogP) is 16.3. The minimum Gasteiger partial charge on any atom is -0.456 e. The lowest BCUT2D eigenvalue weighted by Crippen LogP contribution is -2.36. The first kappa shape index (κ1) is 39.1. The van der Waals surface area contributed by atoms with Crippen LogP contribution in [-0.2, 0) is 0 Å². The average Bonchev–Trinajstić information content (AvgIpc) is 3.95. The van der Waals surface area contributed by atoms with Crippen molar-refractivity contribution in [3.05, 3.63) is 247 Å². The highest BCUT2D eigenvalue weighted by molar-refractivity contribution is 6.21. The van der Waals surface area contributed by atoms with E-state index < -0.39 is 6.17 Å². The van der Waals surface area contributed by atoms with Crippen LogP contribution in [0, 0.1) is 0 Å². The summed E-state index contributed by atoms with van der Waals surface area (Å²) in [5.41, 5.74) is 12.7. The number of fused-ring (bicyclic) bond motifs is 9. The molecule has 14 rings (SSSR count). The van der Waals surface area contributed by atoms with E-state index in [0.717, 1.165) is 93.9 Å². The first-order valence-corrected chi connectivity index (χ1v) is 23.6. The highest BCUT2D eigenvalue weighted by atomic mass is 16.3. The molecule has 0 aliphatic carbocycles. The summed E-state index contributed by atoms with van der Waals surface area (Å²) < 4.78 is 9.06. The summed E-state index contributed by atoms with van der Waals surface area (Å²) >= 11 is 0. The molecule has 0 amide bonds. The van der Waals surface area contributed by atoms with E-state index in [9.17, 15) is 0 Å². The van der Waals surface area contributed by atoms with Crippen LogP contribution in [-0.4, -0.2) is 28.2 Å². The third-order valence-electron chi connectivity index (χ3n) is 14.2. The van der Waals surface area contributed by atoms with E-state index in [-0.39, 0.29) is 0 Å². The molecule has 69 heavy (non-hydrogen) atoms. The van der Waals surface area contributed by atoms with E-state index in [1.807, 2.05) is 12.1 Å². The Bertz CT molecular complexity index is 4280. The van der Waals surface area contributed by atoms with E-state index in [1.54, 1.807) is 0 Å². The van der Waals surface area contributed by atoms with Gasteiger partial charge in [-0.2, -0.15) is 0 Å². The maximum absolute atomic E-state index is 6.60. The number of amidine groups is 2. The van der Waals surface area contributed by atoms with Crippen LogP contribution in [0.3, 0.4) is 0 Å². The van der Waals surface area contributed by atoms with Crippen LogP contribution in [0.4, 0.5) is 0 Å². The van der Waals surface area contributed by atoms with Gasteiger partial charge in [0, 0.05) is 51.0 Å². The van der Waals surface area contributed by atoms with Gasteiger partial charge in [0.15, 0.2) is 12.0 Å². The second kappa shape index (κ2) is 15.5. The maximum Gasteiger partial charge on any atom is 0.160 e. The maximum atomic E-state index is 6.60. The van der Waals surface area contributed by atoms with E-state index in [1.165, 1.54) is 32.7 Å². The summed E-state index contributed by atoms with van der Waals surface area (Å²) in [6.07, 6.45) is -0.451. The van der Waals surface area contributed by atoms with Crippen molar-refractivity contribution < 1.29 is 4.42 Å². The summed E-state index contributed by atoms with van der Waals surface area (Å²) in [5.74, 6) is 1.56. The second-order valence-corrected chi connectivity index (χ2v) is 18.1. The monoisotopic (exact) mass is 882 g/mol. The second-order valence-electron chi connectivity index (χ2n) is 18.1. The molecule has 5 nitrogen and oxygen atoms in total. The van der Waals surface area contributed by atoms with Crippen LogP contribution < -0.4 is 0 Å². The molecule has 0 spiro atoms. The quantitative estimate of drug-likeness (QED) is 0.167. The molecule has 1 unspecified atom stereocenters. The molecule has 3 heterocycles. The molecular formula is C64H42N4O. The Morgan fingerprint density at radius 2 is 1.03 bits per heavy atom. The predicted molar refractivity (Wildman–Crippen MR) is 288 cm³/mol. The Morgan fingerprint density at radius 1 is 0.406 bits per heavy atom. The molecule has 0 radical (unpaired) electrons. The van der Waals surface area contributed by atoms with Gasteiger partial charge in [0.2, 0.25) is 0 Å². The van der Waals surface area contributed by atoms with Crippen LogP contribution in [0.2, 0.25) is 0 Å². The topological polar surface area (TPSA) is 46.0 Å². The molecular weight excluding hydrogens is 841 g/mol. The molecule has 0 bridgehead atoms. The van der Waals surface area contributed by atoms with Crippen molar-refractivity contribution in [3.8, 4) is 27.9 Å². The zero-order valence-corrected chi connectivity index (χ0v) is 37.7. The minimum absolute atomic E-state index is 0.451. The molecule has 11 aromatic carbocycles. The Hall–Kier alpha value is -9.06. The highest BCUT2D eigenvalue weighted by Gasteiger charge is 2.31. The molecule has 324 valence electrons. The fourth-order valence-corrected chi connectivity index (χ4v) is 11.0. The van der Waals surface area contributed by atoms with Gasteiger partial charge in [-0.15, -0.1) is 0 Å². The van der Waals surface area contributed by atoms with Crippen molar-refractivity contribution in [2.24, 2.45) is 9.98 Å². The number of nitrogens with zero attached hydrogens (tertiary/aromatic N) is 4. The molecule has 2 aromatic heterocycles. The number of rotatable bonds is 6. The first-order valence-electron chi connectivity index (χ1n) is 23.6. The molecule has 1 aliphatic heterocycles. The van der Waals surface area contributed by atoms with Gasteiger partial charge in [0.05, 0.1) is 11.0 Å². The third kappa shape index (κ3) is 6.24. The lowest BCUT2D eigenvalue weighted by Gasteiger charge is -2.34. The van der Waals surface area contributed by atoms with Gasteiger partial charge in [-0.3, -0.25) is 0 Å². The van der Waals surface area contributed by atoms with Crippen molar-refractivity contribution in [1.82, 2.24) is 9.47 Å². The fourth-order valence-electron chi connectivity index (χ4n) is 11.0. The minimum atomic E-state index is -0.451. The number of aliphatic imine (C=N–C) groups is 2. The fraction of sp³-hybridized carbons (Fsp3) is 0.0312. The molecule has 0 fully saturated rings. The van der Waals surface area contributed by atoms with Gasteiger partial charge < -0.3 is 13.9 Å². The summed E-state index contributed by atoms with van der Waals surface area (Å²) in [5, 5.41) is 11.6. The molecule has 13 aromatic rings. The van der Waals surface area contributed by atoms with E-state index in [2.05, 4.69) is 235 Å². The van der Waals surface area contributed by atoms with Gasteiger partial charge in [0.1, 0.15) is 17.0 Å². The smallest absolute Gasteiger partial charge is 0.160 e. The lowest BCUT2D eigenvalue weighted by atomic mass is 9.94. The Labute approximate surface area is 398 Å². The molecule has 1 aliphatic rings. The van der Waals surface area contributed by atoms with E-state index >= 15 is 0 Å². The van der Waals surface area contributed by atoms with Gasteiger partial charge in [-0.25, -0.2) is 9.98 Å². The molecule has 0 N–H and O–H groups in total. The van der Waals surface area contributed by atoms with Crippen LogP contribution >= 0.6 is 0 Å². The normalized spacial score (nSPS) is 14.2. The third-order valence-corrected chi connectivity index (χ3v) is 14.2. The van der Waals surface area contributed by atoms with Crippen molar-refractivity contribution in [2.45, 2.75) is 6.17 Å².